The highest BCUT2D eigenvalue weighted by molar-refractivity contribution is 5.88. The van der Waals surface area contributed by atoms with Gasteiger partial charge in [-0.3, -0.25) is 0 Å². The molecule has 0 bridgehead atoms. The van der Waals surface area contributed by atoms with Gasteiger partial charge in [0, 0.05) is 12.5 Å². The maximum Gasteiger partial charge on any atom is 0.342 e. The van der Waals surface area contributed by atoms with Gasteiger partial charge in [-0.1, -0.05) is 30.3 Å². The number of ether oxygens (including phenoxy) is 2. The topological polar surface area (TPSA) is 72.8 Å². The van der Waals surface area contributed by atoms with Crippen molar-refractivity contribution >= 4 is 11.9 Å². The Morgan fingerprint density at radius 3 is 2.65 bits per heavy atom. The fourth-order valence-electron chi connectivity index (χ4n) is 2.08. The van der Waals surface area contributed by atoms with E-state index in [9.17, 15) is 14.7 Å². The number of aliphatic hydroxyl groups is 1. The van der Waals surface area contributed by atoms with Gasteiger partial charge in [-0.25, -0.2) is 9.59 Å². The molecule has 2 rings (SSSR count). The Labute approximate surface area is 116 Å². The van der Waals surface area contributed by atoms with Crippen LogP contribution in [0.5, 0.6) is 0 Å². The number of hydrogen-bond acceptors (Lipinski definition) is 5. The Balaban J connectivity index is 2.26. The molecule has 1 aliphatic rings. The normalized spacial score (nSPS) is 20.3. The predicted octanol–water partition coefficient (Wildman–Crippen LogP) is 1.00. The molecule has 1 aromatic carbocycles. The monoisotopic (exact) mass is 276 g/mol. The molecule has 0 aromatic heterocycles. The molecule has 0 radical (unpaired) electrons. The van der Waals surface area contributed by atoms with Crippen LogP contribution in [0.1, 0.15) is 12.5 Å². The van der Waals surface area contributed by atoms with Crippen LogP contribution in [0.3, 0.4) is 0 Å². The van der Waals surface area contributed by atoms with Gasteiger partial charge in [-0.05, 0) is 18.6 Å². The lowest BCUT2D eigenvalue weighted by molar-refractivity contribution is -0.179. The summed E-state index contributed by atoms with van der Waals surface area (Å²) in [6.07, 6.45) is 1.55. The zero-order valence-corrected chi connectivity index (χ0v) is 11.1. The summed E-state index contributed by atoms with van der Waals surface area (Å²) in [7, 11) is 0. The van der Waals surface area contributed by atoms with E-state index < -0.39 is 23.6 Å². The molecule has 0 amide bonds. The van der Waals surface area contributed by atoms with Crippen molar-refractivity contribution in [3.63, 3.8) is 0 Å². The minimum atomic E-state index is -1.92. The van der Waals surface area contributed by atoms with E-state index in [0.717, 1.165) is 5.56 Å². The van der Waals surface area contributed by atoms with Crippen molar-refractivity contribution in [2.24, 2.45) is 0 Å². The van der Waals surface area contributed by atoms with E-state index in [0.29, 0.717) is 0 Å². The molecule has 1 N–H and O–H groups in total. The summed E-state index contributed by atoms with van der Waals surface area (Å²) in [5.41, 5.74) is -1.17. The highest BCUT2D eigenvalue weighted by Gasteiger charge is 2.48. The summed E-state index contributed by atoms with van der Waals surface area (Å²) in [5, 5.41) is 10.7. The summed E-state index contributed by atoms with van der Waals surface area (Å²) in [6, 6.07) is 9.01. The summed E-state index contributed by atoms with van der Waals surface area (Å²) in [4.78, 5) is 23.2. The van der Waals surface area contributed by atoms with E-state index >= 15 is 0 Å². The quantitative estimate of drug-likeness (QED) is 0.812. The minimum absolute atomic E-state index is 0.00889. The van der Waals surface area contributed by atoms with Crippen molar-refractivity contribution in [3.05, 3.63) is 48.0 Å². The van der Waals surface area contributed by atoms with Gasteiger partial charge in [-0.15, -0.1) is 0 Å². The van der Waals surface area contributed by atoms with E-state index in [2.05, 4.69) is 0 Å². The summed E-state index contributed by atoms with van der Waals surface area (Å²) >= 11 is 0. The highest BCUT2D eigenvalue weighted by Crippen LogP contribution is 2.26. The first kappa shape index (κ1) is 14.3. The highest BCUT2D eigenvalue weighted by atomic mass is 16.6. The van der Waals surface area contributed by atoms with Crippen LogP contribution < -0.4 is 0 Å². The second kappa shape index (κ2) is 5.88. The molecule has 0 saturated heterocycles. The van der Waals surface area contributed by atoms with Crippen LogP contribution in [0.15, 0.2) is 42.5 Å². The molecule has 20 heavy (non-hydrogen) atoms. The smallest absolute Gasteiger partial charge is 0.342 e. The van der Waals surface area contributed by atoms with Crippen molar-refractivity contribution in [1.29, 1.82) is 0 Å². The Kier molecular flexibility index (Phi) is 4.20. The molecular weight excluding hydrogens is 260 g/mol. The van der Waals surface area contributed by atoms with Gasteiger partial charge in [0.1, 0.15) is 0 Å². The zero-order valence-electron chi connectivity index (χ0n) is 11.1. The lowest BCUT2D eigenvalue weighted by atomic mass is 9.89. The Morgan fingerprint density at radius 1 is 1.40 bits per heavy atom. The van der Waals surface area contributed by atoms with Crippen molar-refractivity contribution < 1.29 is 24.2 Å². The van der Waals surface area contributed by atoms with Gasteiger partial charge in [-0.2, -0.15) is 0 Å². The van der Waals surface area contributed by atoms with Crippen molar-refractivity contribution in [2.45, 2.75) is 25.0 Å². The Bertz CT molecular complexity index is 522. The molecule has 5 nitrogen and oxygen atoms in total. The minimum Gasteiger partial charge on any atom is -0.464 e. The molecular formula is C15H16O5. The Hall–Kier alpha value is -2.14. The van der Waals surface area contributed by atoms with Crippen LogP contribution in [0, 0.1) is 0 Å². The van der Waals surface area contributed by atoms with Gasteiger partial charge in [0.15, 0.2) is 6.10 Å². The lowest BCUT2D eigenvalue weighted by Gasteiger charge is -2.29. The zero-order chi connectivity index (χ0) is 14.6. The number of esters is 2. The van der Waals surface area contributed by atoms with Crippen LogP contribution in [0.25, 0.3) is 0 Å². The molecule has 1 aromatic rings. The maximum atomic E-state index is 12.1. The number of carbonyl (C=O) groups is 2. The fraction of sp³-hybridized carbons (Fsp3) is 0.333. The van der Waals surface area contributed by atoms with Crippen LogP contribution in [0.2, 0.25) is 0 Å². The fourth-order valence-corrected chi connectivity index (χ4v) is 2.08. The standard InChI is InChI=1S/C15H16O5/c1-2-19-14(17)15(18,12-8-9-13(16)20-12)10-11-6-4-3-5-7-11/h3-9,12,18H,2,10H2,1H3/t12-,15-/m1/s1. The van der Waals surface area contributed by atoms with E-state index in [4.69, 9.17) is 9.47 Å². The summed E-state index contributed by atoms with van der Waals surface area (Å²) in [5.74, 6) is -1.38. The molecule has 106 valence electrons. The molecule has 0 saturated carbocycles. The second-order valence-electron chi connectivity index (χ2n) is 4.52. The largest absolute Gasteiger partial charge is 0.464 e. The molecule has 2 atom stereocenters. The van der Waals surface area contributed by atoms with E-state index in [1.165, 1.54) is 12.2 Å². The molecule has 1 heterocycles. The number of benzene rings is 1. The first-order valence-corrected chi connectivity index (χ1v) is 6.38. The third kappa shape index (κ3) is 2.88. The lowest BCUT2D eigenvalue weighted by Crippen LogP contribution is -2.52. The SMILES string of the molecule is CCOC(=O)[C@@](O)(Cc1ccccc1)[C@H]1C=CC(=O)O1. The van der Waals surface area contributed by atoms with Crippen molar-refractivity contribution in [3.8, 4) is 0 Å². The predicted molar refractivity (Wildman–Crippen MR) is 70.7 cm³/mol. The van der Waals surface area contributed by atoms with Gasteiger partial charge >= 0.3 is 11.9 Å². The number of rotatable bonds is 5. The average Bonchev–Trinajstić information content (AvgIpc) is 2.87. The second-order valence-corrected chi connectivity index (χ2v) is 4.52. The maximum absolute atomic E-state index is 12.1. The number of carbonyl (C=O) groups excluding carboxylic acids is 2. The van der Waals surface area contributed by atoms with Crippen LogP contribution in [-0.4, -0.2) is 35.4 Å². The van der Waals surface area contributed by atoms with Crippen molar-refractivity contribution in [2.75, 3.05) is 6.61 Å². The number of hydrogen-bond donors (Lipinski definition) is 1. The molecule has 0 fully saturated rings. The van der Waals surface area contributed by atoms with Gasteiger partial charge in [0.05, 0.1) is 6.61 Å². The van der Waals surface area contributed by atoms with E-state index in [-0.39, 0.29) is 13.0 Å². The summed E-state index contributed by atoms with van der Waals surface area (Å²) in [6.45, 7) is 1.79. The summed E-state index contributed by atoms with van der Waals surface area (Å²) < 4.78 is 9.88. The van der Waals surface area contributed by atoms with Crippen LogP contribution in [0.4, 0.5) is 0 Å². The van der Waals surface area contributed by atoms with E-state index in [1.54, 1.807) is 31.2 Å². The third-order valence-corrected chi connectivity index (χ3v) is 3.07. The van der Waals surface area contributed by atoms with E-state index in [1.807, 2.05) is 6.07 Å². The van der Waals surface area contributed by atoms with Crippen molar-refractivity contribution in [1.82, 2.24) is 0 Å². The Morgan fingerprint density at radius 2 is 2.10 bits per heavy atom. The molecule has 0 aliphatic carbocycles. The van der Waals surface area contributed by atoms with Crippen LogP contribution >= 0.6 is 0 Å². The molecule has 1 aliphatic heterocycles. The average molecular weight is 276 g/mol. The molecule has 0 spiro atoms. The first-order valence-electron chi connectivity index (χ1n) is 6.38. The molecule has 5 heteroatoms. The van der Waals surface area contributed by atoms with Crippen LogP contribution in [-0.2, 0) is 25.5 Å². The first-order chi connectivity index (χ1) is 9.56. The van der Waals surface area contributed by atoms with Gasteiger partial charge in [0.2, 0.25) is 5.60 Å². The van der Waals surface area contributed by atoms with Gasteiger partial charge in [0.25, 0.3) is 0 Å². The third-order valence-electron chi connectivity index (χ3n) is 3.07. The van der Waals surface area contributed by atoms with Gasteiger partial charge < -0.3 is 14.6 Å². The number of cyclic esters (lactones) is 1. The molecule has 0 unspecified atom stereocenters.